The first-order valence-electron chi connectivity index (χ1n) is 7.14. The zero-order valence-electron chi connectivity index (χ0n) is 12.7. The fourth-order valence-corrected chi connectivity index (χ4v) is 2.17. The molecule has 3 N–H and O–H groups in total. The Kier molecular flexibility index (Phi) is 9.02. The summed E-state index contributed by atoms with van der Waals surface area (Å²) in [6.45, 7) is 13.0. The van der Waals surface area contributed by atoms with Crippen molar-refractivity contribution in [1.82, 2.24) is 10.2 Å². The summed E-state index contributed by atoms with van der Waals surface area (Å²) in [5.41, 5.74) is 5.60. The normalized spacial score (nSPS) is 13.4. The van der Waals surface area contributed by atoms with Gasteiger partial charge in [-0.1, -0.05) is 13.3 Å². The summed E-state index contributed by atoms with van der Waals surface area (Å²) in [4.78, 5) is 14.1. The van der Waals surface area contributed by atoms with Gasteiger partial charge in [0.1, 0.15) is 0 Å². The lowest BCUT2D eigenvalue weighted by molar-refractivity contribution is -0.122. The van der Waals surface area contributed by atoms with E-state index in [0.29, 0.717) is 31.0 Å². The highest BCUT2D eigenvalue weighted by molar-refractivity contribution is 5.76. The van der Waals surface area contributed by atoms with E-state index in [0.717, 1.165) is 19.5 Å². The third-order valence-corrected chi connectivity index (χ3v) is 3.40. The van der Waals surface area contributed by atoms with Crippen molar-refractivity contribution in [2.24, 2.45) is 11.7 Å². The van der Waals surface area contributed by atoms with Crippen LogP contribution < -0.4 is 11.1 Å². The number of amides is 1. The number of hydrogen-bond acceptors (Lipinski definition) is 3. The molecule has 0 saturated carbocycles. The Hall–Kier alpha value is -0.610. The van der Waals surface area contributed by atoms with Crippen molar-refractivity contribution in [3.8, 4) is 0 Å². The zero-order chi connectivity index (χ0) is 14.1. The summed E-state index contributed by atoms with van der Waals surface area (Å²) in [5.74, 6) is 0.441. The van der Waals surface area contributed by atoms with Crippen LogP contribution in [0, 0.1) is 5.92 Å². The summed E-state index contributed by atoms with van der Waals surface area (Å²) >= 11 is 0. The molecule has 0 aliphatic heterocycles. The minimum absolute atomic E-state index is 0.125. The van der Waals surface area contributed by atoms with Crippen molar-refractivity contribution in [2.45, 2.75) is 59.5 Å². The average molecular weight is 257 g/mol. The number of carbonyl (C=O) groups excluding carboxylic acids is 1. The fourth-order valence-electron chi connectivity index (χ4n) is 2.17. The van der Waals surface area contributed by atoms with Crippen LogP contribution in [0.25, 0.3) is 0 Å². The van der Waals surface area contributed by atoms with E-state index in [1.807, 2.05) is 0 Å². The van der Waals surface area contributed by atoms with Crippen LogP contribution in [0.4, 0.5) is 0 Å². The van der Waals surface area contributed by atoms with Gasteiger partial charge in [-0.2, -0.15) is 0 Å². The Labute approximate surface area is 112 Å². The third kappa shape index (κ3) is 6.97. The van der Waals surface area contributed by atoms with E-state index in [4.69, 9.17) is 5.73 Å². The summed E-state index contributed by atoms with van der Waals surface area (Å²) < 4.78 is 0. The Bertz CT molecular complexity index is 217. The van der Waals surface area contributed by atoms with E-state index >= 15 is 0 Å². The molecule has 1 amide bonds. The molecule has 0 aromatic heterocycles. The van der Waals surface area contributed by atoms with Crippen molar-refractivity contribution in [3.63, 3.8) is 0 Å². The molecule has 0 aromatic carbocycles. The number of carbonyl (C=O) groups is 1. The van der Waals surface area contributed by atoms with Gasteiger partial charge >= 0.3 is 0 Å². The first-order chi connectivity index (χ1) is 8.42. The molecule has 0 aliphatic carbocycles. The Balaban J connectivity index is 3.92. The highest BCUT2D eigenvalue weighted by Gasteiger charge is 2.14. The van der Waals surface area contributed by atoms with Crippen LogP contribution in [0.5, 0.6) is 0 Å². The smallest absolute Gasteiger partial charge is 0.220 e. The lowest BCUT2D eigenvalue weighted by Crippen LogP contribution is -2.42. The van der Waals surface area contributed by atoms with Gasteiger partial charge in [-0.05, 0) is 40.2 Å². The van der Waals surface area contributed by atoms with Crippen LogP contribution in [0.3, 0.4) is 0 Å². The van der Waals surface area contributed by atoms with Gasteiger partial charge in [0.05, 0.1) is 0 Å². The maximum atomic E-state index is 11.7. The second-order valence-corrected chi connectivity index (χ2v) is 5.49. The summed E-state index contributed by atoms with van der Waals surface area (Å²) in [6, 6.07) is 1.02. The first-order valence-corrected chi connectivity index (χ1v) is 7.14. The van der Waals surface area contributed by atoms with Crippen LogP contribution in [0.15, 0.2) is 0 Å². The SMILES string of the molecule is CCC(CN)CC(=O)NCCN(C(C)C)C(C)C. The number of rotatable bonds is 9. The second-order valence-electron chi connectivity index (χ2n) is 5.49. The van der Waals surface area contributed by atoms with Gasteiger partial charge in [-0.3, -0.25) is 9.69 Å². The highest BCUT2D eigenvalue weighted by Crippen LogP contribution is 2.06. The highest BCUT2D eigenvalue weighted by atomic mass is 16.1. The van der Waals surface area contributed by atoms with Crippen LogP contribution >= 0.6 is 0 Å². The Morgan fingerprint density at radius 3 is 2.17 bits per heavy atom. The maximum absolute atomic E-state index is 11.7. The van der Waals surface area contributed by atoms with Crippen LogP contribution in [0.2, 0.25) is 0 Å². The quantitative estimate of drug-likeness (QED) is 0.659. The van der Waals surface area contributed by atoms with E-state index in [-0.39, 0.29) is 5.91 Å². The number of nitrogens with one attached hydrogen (secondary N) is 1. The molecule has 0 radical (unpaired) electrons. The molecule has 1 unspecified atom stereocenters. The summed E-state index contributed by atoms with van der Waals surface area (Å²) in [5, 5.41) is 2.99. The predicted molar refractivity (Wildman–Crippen MR) is 77.4 cm³/mol. The van der Waals surface area contributed by atoms with E-state index in [1.54, 1.807) is 0 Å². The Morgan fingerprint density at radius 2 is 1.78 bits per heavy atom. The van der Waals surface area contributed by atoms with E-state index in [1.165, 1.54) is 0 Å². The summed E-state index contributed by atoms with van der Waals surface area (Å²) in [7, 11) is 0. The molecular weight excluding hydrogens is 226 g/mol. The van der Waals surface area contributed by atoms with Crippen molar-refractivity contribution in [2.75, 3.05) is 19.6 Å². The van der Waals surface area contributed by atoms with Crippen LogP contribution in [-0.2, 0) is 4.79 Å². The predicted octanol–water partition coefficient (Wildman–Crippen LogP) is 1.60. The largest absolute Gasteiger partial charge is 0.355 e. The Morgan fingerprint density at radius 1 is 1.22 bits per heavy atom. The van der Waals surface area contributed by atoms with E-state index in [2.05, 4.69) is 44.8 Å². The molecule has 1 atom stereocenters. The fraction of sp³-hybridized carbons (Fsp3) is 0.929. The molecule has 18 heavy (non-hydrogen) atoms. The van der Waals surface area contributed by atoms with Crippen molar-refractivity contribution in [3.05, 3.63) is 0 Å². The van der Waals surface area contributed by atoms with E-state index in [9.17, 15) is 4.79 Å². The molecule has 0 saturated heterocycles. The molecule has 0 bridgehead atoms. The third-order valence-electron chi connectivity index (χ3n) is 3.40. The molecule has 0 rings (SSSR count). The number of nitrogens with zero attached hydrogens (tertiary/aromatic N) is 1. The van der Waals surface area contributed by atoms with Crippen molar-refractivity contribution >= 4 is 5.91 Å². The van der Waals surface area contributed by atoms with Crippen LogP contribution in [0.1, 0.15) is 47.5 Å². The molecule has 0 aliphatic rings. The molecule has 0 aromatic rings. The molecule has 0 heterocycles. The molecule has 0 spiro atoms. The number of hydrogen-bond donors (Lipinski definition) is 2. The topological polar surface area (TPSA) is 58.4 Å². The van der Waals surface area contributed by atoms with Gasteiger partial charge in [-0.25, -0.2) is 0 Å². The molecule has 108 valence electrons. The zero-order valence-corrected chi connectivity index (χ0v) is 12.7. The average Bonchev–Trinajstić information content (AvgIpc) is 2.30. The maximum Gasteiger partial charge on any atom is 0.220 e. The van der Waals surface area contributed by atoms with Crippen molar-refractivity contribution < 1.29 is 4.79 Å². The van der Waals surface area contributed by atoms with Gasteiger partial charge in [0, 0.05) is 31.6 Å². The van der Waals surface area contributed by atoms with Crippen molar-refractivity contribution in [1.29, 1.82) is 0 Å². The minimum Gasteiger partial charge on any atom is -0.355 e. The van der Waals surface area contributed by atoms with Gasteiger partial charge in [0.2, 0.25) is 5.91 Å². The summed E-state index contributed by atoms with van der Waals surface area (Å²) in [6.07, 6.45) is 1.52. The number of nitrogens with two attached hydrogens (primary N) is 1. The van der Waals surface area contributed by atoms with Crippen LogP contribution in [-0.4, -0.2) is 42.5 Å². The van der Waals surface area contributed by atoms with Gasteiger partial charge < -0.3 is 11.1 Å². The van der Waals surface area contributed by atoms with E-state index < -0.39 is 0 Å². The van der Waals surface area contributed by atoms with Gasteiger partial charge in [0.25, 0.3) is 0 Å². The van der Waals surface area contributed by atoms with Gasteiger partial charge in [-0.15, -0.1) is 0 Å². The minimum atomic E-state index is 0.125. The monoisotopic (exact) mass is 257 g/mol. The van der Waals surface area contributed by atoms with Gasteiger partial charge in [0.15, 0.2) is 0 Å². The molecule has 4 nitrogen and oxygen atoms in total. The lowest BCUT2D eigenvalue weighted by atomic mass is 10.0. The molecular formula is C14H31N3O. The molecule has 0 fully saturated rings. The first kappa shape index (κ1) is 17.4. The standard InChI is InChI=1S/C14H31N3O/c1-6-13(10-15)9-14(18)16-7-8-17(11(2)3)12(4)5/h11-13H,6-10,15H2,1-5H3,(H,16,18). The molecule has 4 heteroatoms. The lowest BCUT2D eigenvalue weighted by Gasteiger charge is -2.30. The second kappa shape index (κ2) is 9.34.